The van der Waals surface area contributed by atoms with Gasteiger partial charge in [-0.2, -0.15) is 0 Å². The van der Waals surface area contributed by atoms with Gasteiger partial charge in [0.2, 0.25) is 0 Å². The van der Waals surface area contributed by atoms with Gasteiger partial charge in [-0.1, -0.05) is 72.8 Å². The predicted octanol–water partition coefficient (Wildman–Crippen LogP) is 5.24. The molecule has 0 aliphatic rings. The smallest absolute Gasteiger partial charge is 0.456 e. The third kappa shape index (κ3) is 2.55. The standard InChI is InChI=1S/C26H17BO3/c28-27(29)19-11-13-21-18(15-19)9-8-16-14-17(10-12-20(16)21)22-5-3-7-25-26(22)23-4-1-2-6-24(23)30-25/h1-15,28-29H. The summed E-state index contributed by atoms with van der Waals surface area (Å²) in [5.41, 5.74) is 4.58. The summed E-state index contributed by atoms with van der Waals surface area (Å²) in [6.07, 6.45) is 0. The first kappa shape index (κ1) is 17.3. The van der Waals surface area contributed by atoms with E-state index < -0.39 is 7.12 Å². The van der Waals surface area contributed by atoms with E-state index in [-0.39, 0.29) is 0 Å². The fraction of sp³-hybridized carbons (Fsp3) is 0. The summed E-state index contributed by atoms with van der Waals surface area (Å²) in [7, 11) is -1.46. The van der Waals surface area contributed by atoms with Gasteiger partial charge in [-0.15, -0.1) is 0 Å². The Kier molecular flexibility index (Phi) is 3.72. The Hall–Kier alpha value is -3.60. The van der Waals surface area contributed by atoms with Gasteiger partial charge in [0, 0.05) is 10.8 Å². The molecule has 1 heterocycles. The minimum Gasteiger partial charge on any atom is -0.456 e. The lowest BCUT2D eigenvalue weighted by atomic mass is 9.79. The fourth-order valence-electron chi connectivity index (χ4n) is 4.43. The van der Waals surface area contributed by atoms with Crippen molar-refractivity contribution < 1.29 is 14.5 Å². The Bertz CT molecular complexity index is 1580. The molecule has 6 aromatic rings. The Balaban J connectivity index is 1.59. The van der Waals surface area contributed by atoms with Crippen LogP contribution < -0.4 is 5.46 Å². The summed E-state index contributed by atoms with van der Waals surface area (Å²) in [4.78, 5) is 0. The number of furan rings is 1. The normalized spacial score (nSPS) is 11.7. The van der Waals surface area contributed by atoms with Crippen molar-refractivity contribution >= 4 is 56.1 Å². The molecule has 0 spiro atoms. The molecule has 4 heteroatoms. The highest BCUT2D eigenvalue weighted by molar-refractivity contribution is 6.59. The van der Waals surface area contributed by atoms with E-state index in [0.29, 0.717) is 5.46 Å². The van der Waals surface area contributed by atoms with Gasteiger partial charge in [0.1, 0.15) is 11.2 Å². The van der Waals surface area contributed by atoms with Gasteiger partial charge in [0.05, 0.1) is 0 Å². The first-order valence-corrected chi connectivity index (χ1v) is 9.92. The summed E-state index contributed by atoms with van der Waals surface area (Å²) in [6.45, 7) is 0. The van der Waals surface area contributed by atoms with Gasteiger partial charge >= 0.3 is 7.12 Å². The van der Waals surface area contributed by atoms with Crippen molar-refractivity contribution in [2.24, 2.45) is 0 Å². The molecule has 5 aromatic carbocycles. The van der Waals surface area contributed by atoms with Crippen LogP contribution in [0.5, 0.6) is 0 Å². The van der Waals surface area contributed by atoms with Crippen LogP contribution in [0.4, 0.5) is 0 Å². The van der Waals surface area contributed by atoms with Crippen molar-refractivity contribution in [3.05, 3.63) is 91.0 Å². The molecule has 0 saturated carbocycles. The van der Waals surface area contributed by atoms with Crippen LogP contribution in [0.25, 0.3) is 54.6 Å². The van der Waals surface area contributed by atoms with Crippen molar-refractivity contribution in [1.82, 2.24) is 0 Å². The number of fused-ring (bicyclic) bond motifs is 6. The first-order valence-electron chi connectivity index (χ1n) is 9.92. The second-order valence-corrected chi connectivity index (χ2v) is 7.63. The minimum absolute atomic E-state index is 0.497. The number of para-hydroxylation sites is 1. The molecular formula is C26H17BO3. The molecule has 1 aromatic heterocycles. The highest BCUT2D eigenvalue weighted by atomic mass is 16.4. The van der Waals surface area contributed by atoms with Crippen LogP contribution >= 0.6 is 0 Å². The summed E-state index contributed by atoms with van der Waals surface area (Å²) in [5, 5.41) is 25.5. The van der Waals surface area contributed by atoms with Crippen molar-refractivity contribution in [3.63, 3.8) is 0 Å². The second-order valence-electron chi connectivity index (χ2n) is 7.63. The molecule has 0 aliphatic heterocycles. The number of rotatable bonds is 2. The third-order valence-electron chi connectivity index (χ3n) is 5.87. The Morgan fingerprint density at radius 2 is 1.33 bits per heavy atom. The van der Waals surface area contributed by atoms with Crippen LogP contribution in [-0.2, 0) is 0 Å². The maximum atomic E-state index is 9.45. The lowest BCUT2D eigenvalue weighted by Gasteiger charge is -2.09. The van der Waals surface area contributed by atoms with Crippen molar-refractivity contribution in [2.45, 2.75) is 0 Å². The molecule has 0 saturated heterocycles. The maximum Gasteiger partial charge on any atom is 0.488 e. The zero-order chi connectivity index (χ0) is 20.2. The van der Waals surface area contributed by atoms with Crippen LogP contribution in [0.15, 0.2) is 95.4 Å². The summed E-state index contributed by atoms with van der Waals surface area (Å²) in [6, 6.07) is 30.5. The average Bonchev–Trinajstić information content (AvgIpc) is 3.17. The Labute approximate surface area is 172 Å². The molecule has 0 aliphatic carbocycles. The van der Waals surface area contributed by atoms with Crippen LogP contribution in [-0.4, -0.2) is 17.2 Å². The van der Waals surface area contributed by atoms with Crippen molar-refractivity contribution in [1.29, 1.82) is 0 Å². The highest BCUT2D eigenvalue weighted by Crippen LogP contribution is 2.38. The fourth-order valence-corrected chi connectivity index (χ4v) is 4.43. The summed E-state index contributed by atoms with van der Waals surface area (Å²) in [5.74, 6) is 0. The van der Waals surface area contributed by atoms with Crippen molar-refractivity contribution in [2.75, 3.05) is 0 Å². The molecule has 0 atom stereocenters. The van der Waals surface area contributed by atoms with E-state index in [9.17, 15) is 10.0 Å². The number of benzene rings is 5. The molecule has 0 amide bonds. The van der Waals surface area contributed by atoms with Gasteiger partial charge < -0.3 is 14.5 Å². The van der Waals surface area contributed by atoms with Crippen LogP contribution in [0.1, 0.15) is 0 Å². The highest BCUT2D eigenvalue weighted by Gasteiger charge is 2.14. The quantitative estimate of drug-likeness (QED) is 0.315. The van der Waals surface area contributed by atoms with E-state index in [1.165, 1.54) is 0 Å². The van der Waals surface area contributed by atoms with Gasteiger partial charge in [-0.3, -0.25) is 0 Å². The predicted molar refractivity (Wildman–Crippen MR) is 124 cm³/mol. The molecule has 2 N–H and O–H groups in total. The van der Waals surface area contributed by atoms with Gasteiger partial charge in [0.15, 0.2) is 0 Å². The van der Waals surface area contributed by atoms with Gasteiger partial charge in [-0.25, -0.2) is 0 Å². The number of hydrogen-bond acceptors (Lipinski definition) is 3. The van der Waals surface area contributed by atoms with Crippen LogP contribution in [0.3, 0.4) is 0 Å². The zero-order valence-electron chi connectivity index (χ0n) is 16.0. The SMILES string of the molecule is OB(O)c1ccc2c(ccc3cc(-c4cccc5oc6ccccc6c45)ccc32)c1. The minimum atomic E-state index is -1.46. The van der Waals surface area contributed by atoms with Crippen molar-refractivity contribution in [3.8, 4) is 11.1 Å². The van der Waals surface area contributed by atoms with E-state index >= 15 is 0 Å². The van der Waals surface area contributed by atoms with Crippen LogP contribution in [0, 0.1) is 0 Å². The van der Waals surface area contributed by atoms with E-state index in [0.717, 1.165) is 54.6 Å². The summed E-state index contributed by atoms with van der Waals surface area (Å²) < 4.78 is 6.05. The summed E-state index contributed by atoms with van der Waals surface area (Å²) >= 11 is 0. The third-order valence-corrected chi connectivity index (χ3v) is 5.87. The zero-order valence-corrected chi connectivity index (χ0v) is 16.0. The Morgan fingerprint density at radius 3 is 2.17 bits per heavy atom. The average molecular weight is 388 g/mol. The Morgan fingerprint density at radius 1 is 0.600 bits per heavy atom. The lowest BCUT2D eigenvalue weighted by molar-refractivity contribution is 0.426. The molecule has 3 nitrogen and oxygen atoms in total. The van der Waals surface area contributed by atoms with E-state index in [1.807, 2.05) is 48.5 Å². The lowest BCUT2D eigenvalue weighted by Crippen LogP contribution is -2.29. The maximum absolute atomic E-state index is 9.45. The molecule has 0 bridgehead atoms. The molecule has 0 unspecified atom stereocenters. The van der Waals surface area contributed by atoms with E-state index in [1.54, 1.807) is 6.07 Å². The largest absolute Gasteiger partial charge is 0.488 e. The van der Waals surface area contributed by atoms with Crippen LogP contribution in [0.2, 0.25) is 0 Å². The molecule has 0 radical (unpaired) electrons. The second kappa shape index (κ2) is 6.46. The monoisotopic (exact) mass is 388 g/mol. The number of hydrogen-bond donors (Lipinski definition) is 2. The molecule has 6 rings (SSSR count). The molecular weight excluding hydrogens is 371 g/mol. The topological polar surface area (TPSA) is 53.6 Å². The van der Waals surface area contributed by atoms with Gasteiger partial charge in [-0.05, 0) is 56.3 Å². The first-order chi connectivity index (χ1) is 14.7. The molecule has 0 fully saturated rings. The van der Waals surface area contributed by atoms with Gasteiger partial charge in [0.25, 0.3) is 0 Å². The molecule has 30 heavy (non-hydrogen) atoms. The van der Waals surface area contributed by atoms with E-state index in [2.05, 4.69) is 36.4 Å². The molecule has 142 valence electrons. The van der Waals surface area contributed by atoms with E-state index in [4.69, 9.17) is 4.42 Å².